The van der Waals surface area contributed by atoms with Gasteiger partial charge in [-0.25, -0.2) is 9.97 Å². The number of nitrogens with zero attached hydrogens (tertiary/aromatic N) is 8. The predicted octanol–water partition coefficient (Wildman–Crippen LogP) is 17.8. The first kappa shape index (κ1) is 91.6. The van der Waals surface area contributed by atoms with Gasteiger partial charge in [-0.1, -0.05) is 176 Å². The number of aromatic nitrogens is 2. The molecular weight excluding hydrogens is 1530 g/mol. The lowest BCUT2D eigenvalue weighted by Crippen LogP contribution is -2.44. The molecule has 0 atom stereocenters. The summed E-state index contributed by atoms with van der Waals surface area (Å²) in [6.45, 7) is 15.3. The Morgan fingerprint density at radius 2 is 0.512 bits per heavy atom. The van der Waals surface area contributed by atoms with Crippen molar-refractivity contribution in [1.29, 1.82) is 0 Å². The molecule has 10 aromatic rings. The van der Waals surface area contributed by atoms with Gasteiger partial charge in [0.1, 0.15) is 44.7 Å². The number of carbonyl (C=O) groups is 5. The molecule has 2 aromatic heterocycles. The zero-order chi connectivity index (χ0) is 86.5. The number of anilines is 5. The van der Waals surface area contributed by atoms with E-state index in [1.54, 1.807) is 30.4 Å². The molecule has 18 heteroatoms. The molecule has 0 aliphatic carbocycles. The standard InChI is InChI=1S/C22H25NO2.2C21H24N2O2.C21H23NO2.C20H22N2O2/c1-17-15-18(5-11-21(25)16-24)6-12-22(17)19-7-9-20(10-8-19)23-13-3-2-4-14-23;1-22-12-14-23(15-13-22)20-9-7-19(8-10-20)18-5-2-17(3-6-18)4-11-21(25)16-24;1-16-13-17(5-8-19(25)15-24)6-9-20(16)18-7-10-21(22-14-18)23-11-3-2-4-12-23;23-16-21(24)13-6-17-4-7-18(8-5-17)19-9-11-20(12-10-19)22-14-2-1-3-15-22;23-15-19(24)10-6-16-4-7-17(8-5-16)18-9-11-20(21-14-18)22-12-2-1-3-13-22/h5-12,15,24H,2-4,13-14,16H2,1H3;2-11,24H,12-16H2,1H3;5-10,13-14,24H,2-4,11-12,15H2,1H3;4-13,23H,1-3,14-16H2;4-11,14,23H,1-3,12-13,15H2/b11-5+;11-4+;8-5+;13-6+;10-6+. The molecule has 5 fully saturated rings. The van der Waals surface area contributed by atoms with E-state index in [4.69, 9.17) is 25.5 Å². The second kappa shape index (κ2) is 48.5. The van der Waals surface area contributed by atoms with Crippen LogP contribution >= 0.6 is 0 Å². The third-order valence-corrected chi connectivity index (χ3v) is 22.7. The Labute approximate surface area is 725 Å². The normalized spacial score (nSPS) is 15.1. The minimum atomic E-state index is -0.456. The summed E-state index contributed by atoms with van der Waals surface area (Å²) in [6, 6.07) is 71.0. The second-order valence-electron chi connectivity index (χ2n) is 31.7. The molecule has 5 N–H and O–H groups in total. The van der Waals surface area contributed by atoms with Gasteiger partial charge in [-0.05, 0) is 272 Å². The van der Waals surface area contributed by atoms with E-state index in [1.165, 1.54) is 152 Å². The molecule has 638 valence electrons. The van der Waals surface area contributed by atoms with Crippen LogP contribution in [0.3, 0.4) is 0 Å². The van der Waals surface area contributed by atoms with E-state index in [-0.39, 0.29) is 28.9 Å². The van der Waals surface area contributed by atoms with E-state index in [0.29, 0.717) is 0 Å². The number of aryl methyl sites for hydroxylation is 2. The number of likely N-dealkylation sites (N-methyl/N-ethyl adjacent to an activating group) is 1. The fourth-order valence-corrected chi connectivity index (χ4v) is 15.5. The highest BCUT2D eigenvalue weighted by Gasteiger charge is 2.19. The van der Waals surface area contributed by atoms with Gasteiger partial charge in [0.15, 0.2) is 28.9 Å². The maximum absolute atomic E-state index is 11.2. The third-order valence-electron chi connectivity index (χ3n) is 22.7. The van der Waals surface area contributed by atoms with Crippen molar-refractivity contribution in [3.05, 3.63) is 288 Å². The van der Waals surface area contributed by atoms with E-state index in [1.807, 2.05) is 91.3 Å². The van der Waals surface area contributed by atoms with Crippen molar-refractivity contribution in [1.82, 2.24) is 14.9 Å². The topological polar surface area (TPSA) is 232 Å². The first-order valence-electron chi connectivity index (χ1n) is 43.3. The fraction of sp³-hybridized carbons (Fsp3) is 0.305. The van der Waals surface area contributed by atoms with Gasteiger partial charge >= 0.3 is 0 Å². The van der Waals surface area contributed by atoms with Gasteiger partial charge in [-0.15, -0.1) is 0 Å². The van der Waals surface area contributed by atoms with Crippen LogP contribution in [0.1, 0.15) is 116 Å². The molecule has 7 heterocycles. The van der Waals surface area contributed by atoms with Gasteiger partial charge in [0.25, 0.3) is 0 Å². The summed E-state index contributed by atoms with van der Waals surface area (Å²) in [4.78, 5) is 79.3. The number of benzene rings is 8. The number of piperazine rings is 1. The van der Waals surface area contributed by atoms with Crippen LogP contribution in [0, 0.1) is 13.8 Å². The van der Waals surface area contributed by atoms with Gasteiger partial charge < -0.3 is 54.9 Å². The van der Waals surface area contributed by atoms with Crippen LogP contribution in [0.5, 0.6) is 0 Å². The Morgan fingerprint density at radius 3 is 0.805 bits per heavy atom. The fourth-order valence-electron chi connectivity index (χ4n) is 15.5. The van der Waals surface area contributed by atoms with E-state index in [2.05, 4.69) is 188 Å². The van der Waals surface area contributed by atoms with Crippen LogP contribution in [0.15, 0.2) is 249 Å². The van der Waals surface area contributed by atoms with Crippen LogP contribution in [0.25, 0.3) is 86.0 Å². The largest absolute Gasteiger partial charge is 0.388 e. The Morgan fingerprint density at radius 1 is 0.268 bits per heavy atom. The smallest absolute Gasteiger partial charge is 0.181 e. The minimum Gasteiger partial charge on any atom is -0.388 e. The SMILES string of the molecule is CN1CCN(c2ccc(-c3ccc(/C=C/C(=O)CO)cc3)cc2)CC1.Cc1cc(/C=C/C(=O)CO)ccc1-c1ccc(N2CCCCC2)cc1.Cc1cc(/C=C/C(=O)CO)ccc1-c1ccc(N2CCCCC2)nc1.O=C(/C=C/c1ccc(-c2ccc(N3CCCCC3)cc2)cc1)CO.O=C(/C=C/c1ccc(-c2ccc(N3CCCCC3)nc2)cc1)CO. The van der Waals surface area contributed by atoms with Gasteiger partial charge in [-0.3, -0.25) is 24.0 Å². The number of aliphatic hydroxyl groups excluding tert-OH is 5. The molecule has 8 aromatic carbocycles. The van der Waals surface area contributed by atoms with E-state index in [9.17, 15) is 24.0 Å². The number of hydrogen-bond acceptors (Lipinski definition) is 18. The minimum absolute atomic E-state index is 0.282. The van der Waals surface area contributed by atoms with Gasteiger partial charge in [0.05, 0.1) is 0 Å². The van der Waals surface area contributed by atoms with Crippen molar-refractivity contribution < 1.29 is 49.5 Å². The second-order valence-corrected chi connectivity index (χ2v) is 31.7. The summed E-state index contributed by atoms with van der Waals surface area (Å²) >= 11 is 0. The molecule has 0 bridgehead atoms. The van der Waals surface area contributed by atoms with Crippen molar-refractivity contribution in [3.63, 3.8) is 0 Å². The van der Waals surface area contributed by atoms with Crippen molar-refractivity contribution in [2.24, 2.45) is 0 Å². The van der Waals surface area contributed by atoms with Crippen molar-refractivity contribution in [2.75, 3.05) is 143 Å². The number of rotatable bonds is 25. The van der Waals surface area contributed by atoms with E-state index >= 15 is 0 Å². The number of piperidine rings is 4. The van der Waals surface area contributed by atoms with Crippen molar-refractivity contribution in [2.45, 2.75) is 90.9 Å². The molecule has 5 saturated heterocycles. The first-order chi connectivity index (χ1) is 60.0. The number of pyridine rings is 2. The monoisotopic (exact) mass is 1650 g/mol. The van der Waals surface area contributed by atoms with Crippen LogP contribution in [-0.2, 0) is 24.0 Å². The average molecular weight is 1650 g/mol. The molecule has 0 unspecified atom stereocenters. The quantitative estimate of drug-likeness (QED) is 0.0335. The maximum atomic E-state index is 11.2. The molecular formula is C105H118N8O10. The average Bonchev–Trinajstić information content (AvgIpc) is 0.765. The van der Waals surface area contributed by atoms with Crippen LogP contribution in [0.4, 0.5) is 28.7 Å². The molecule has 5 aliphatic heterocycles. The number of hydrogen-bond donors (Lipinski definition) is 5. The molecule has 0 amide bonds. The highest BCUT2D eigenvalue weighted by Crippen LogP contribution is 2.33. The molecule has 15 rings (SSSR count). The van der Waals surface area contributed by atoms with Gasteiger partial charge in [0, 0.05) is 119 Å². The lowest BCUT2D eigenvalue weighted by Gasteiger charge is -2.34. The summed E-state index contributed by atoms with van der Waals surface area (Å²) in [5.41, 5.74) is 22.4. The van der Waals surface area contributed by atoms with E-state index < -0.39 is 33.0 Å². The van der Waals surface area contributed by atoms with E-state index in [0.717, 1.165) is 157 Å². The summed E-state index contributed by atoms with van der Waals surface area (Å²) in [5, 5.41) is 43.7. The highest BCUT2D eigenvalue weighted by atomic mass is 16.3. The molecule has 0 radical (unpaired) electrons. The lowest BCUT2D eigenvalue weighted by molar-refractivity contribution is -0.117. The van der Waals surface area contributed by atoms with Gasteiger partial charge in [0.2, 0.25) is 0 Å². The molecule has 0 spiro atoms. The molecule has 123 heavy (non-hydrogen) atoms. The molecule has 18 nitrogen and oxygen atoms in total. The third kappa shape index (κ3) is 28.8. The van der Waals surface area contributed by atoms with Gasteiger partial charge in [-0.2, -0.15) is 0 Å². The lowest BCUT2D eigenvalue weighted by atomic mass is 9.97. The van der Waals surface area contributed by atoms with Crippen LogP contribution < -0.4 is 24.5 Å². The van der Waals surface area contributed by atoms with Crippen molar-refractivity contribution in [3.8, 4) is 55.6 Å². The summed E-state index contributed by atoms with van der Waals surface area (Å²) in [6.07, 6.45) is 35.0. The number of ketones is 5. The van der Waals surface area contributed by atoms with Crippen LogP contribution in [-0.4, -0.2) is 188 Å². The highest BCUT2D eigenvalue weighted by molar-refractivity contribution is 5.97. The molecule has 0 saturated carbocycles. The zero-order valence-electron chi connectivity index (χ0n) is 71.4. The first-order valence-corrected chi connectivity index (χ1v) is 43.3. The summed E-state index contributed by atoms with van der Waals surface area (Å²) in [5.74, 6) is 0.672. The predicted molar refractivity (Wildman–Crippen MR) is 504 cm³/mol. The summed E-state index contributed by atoms with van der Waals surface area (Å²) in [7, 11) is 2.17. The summed E-state index contributed by atoms with van der Waals surface area (Å²) < 4.78 is 0. The van der Waals surface area contributed by atoms with Crippen LogP contribution in [0.2, 0.25) is 0 Å². The number of carbonyl (C=O) groups excluding carboxylic acids is 5. The zero-order valence-corrected chi connectivity index (χ0v) is 71.4. The number of aliphatic hydroxyl groups is 5. The van der Waals surface area contributed by atoms with Crippen molar-refractivity contribution >= 4 is 88.0 Å². The Balaban J connectivity index is 0.000000150. The Kier molecular flexibility index (Phi) is 36.1. The Hall–Kier alpha value is -12.1. The Bertz CT molecular complexity index is 4890. The molecule has 5 aliphatic rings. The maximum Gasteiger partial charge on any atom is 0.181 e.